The van der Waals surface area contributed by atoms with Crippen LogP contribution in [0.2, 0.25) is 0 Å². The Kier molecular flexibility index (Phi) is 5.83. The smallest absolute Gasteiger partial charge is 0.274 e. The van der Waals surface area contributed by atoms with Crippen molar-refractivity contribution < 1.29 is 9.72 Å². The van der Waals surface area contributed by atoms with Gasteiger partial charge in [0.05, 0.1) is 16.6 Å². The first kappa shape index (κ1) is 21.4. The number of anilines is 1. The number of carbonyl (C=O) groups is 1. The highest BCUT2D eigenvalue weighted by atomic mass is 32.1. The van der Waals surface area contributed by atoms with Crippen molar-refractivity contribution in [1.82, 2.24) is 9.55 Å². The third-order valence-electron chi connectivity index (χ3n) is 5.19. The second-order valence-electron chi connectivity index (χ2n) is 7.50. The number of nitro groups is 1. The molecule has 0 bridgehead atoms. The van der Waals surface area contributed by atoms with Crippen molar-refractivity contribution >= 4 is 38.8 Å². The summed E-state index contributed by atoms with van der Waals surface area (Å²) in [6.45, 7) is 3.78. The average Bonchev–Trinajstić information content (AvgIpc) is 3.20. The van der Waals surface area contributed by atoms with Crippen LogP contribution in [0.15, 0.2) is 59.0 Å². The Morgan fingerprint density at radius 1 is 1.19 bits per heavy atom. The number of rotatable bonds is 6. The molecule has 0 aliphatic rings. The first-order valence-corrected chi connectivity index (χ1v) is 10.8. The Hall–Kier alpha value is -3.85. The van der Waals surface area contributed by atoms with E-state index in [4.69, 9.17) is 0 Å². The molecular formula is C23H20N4O4S. The van der Waals surface area contributed by atoms with Crippen molar-refractivity contribution in [1.29, 1.82) is 0 Å². The van der Waals surface area contributed by atoms with Gasteiger partial charge in [0, 0.05) is 41.2 Å². The molecule has 1 N–H and O–H groups in total. The van der Waals surface area contributed by atoms with Gasteiger partial charge in [-0.15, -0.1) is 11.3 Å². The Labute approximate surface area is 187 Å². The summed E-state index contributed by atoms with van der Waals surface area (Å²) in [5.74, 6) is -0.348. The topological polar surface area (TPSA) is 107 Å². The number of fused-ring (bicyclic) bond motifs is 1. The zero-order valence-electron chi connectivity index (χ0n) is 17.5. The highest BCUT2D eigenvalue weighted by molar-refractivity contribution is 7.17. The highest BCUT2D eigenvalue weighted by Crippen LogP contribution is 2.30. The SMILES string of the molecule is Cc1ccc(-c2csc3ncn(CCC(=O)Nc4ccc(C)c([N+](=O)[O-])c4)c(=O)c23)cc1. The summed E-state index contributed by atoms with van der Waals surface area (Å²) in [6, 6.07) is 12.5. The number of hydrogen-bond acceptors (Lipinski definition) is 6. The van der Waals surface area contributed by atoms with E-state index in [1.807, 2.05) is 36.6 Å². The van der Waals surface area contributed by atoms with Gasteiger partial charge in [-0.2, -0.15) is 0 Å². The molecular weight excluding hydrogens is 428 g/mol. The molecule has 162 valence electrons. The predicted octanol–water partition coefficient (Wildman–Crippen LogP) is 4.68. The number of aryl methyl sites for hydroxylation is 3. The lowest BCUT2D eigenvalue weighted by molar-refractivity contribution is -0.385. The summed E-state index contributed by atoms with van der Waals surface area (Å²) in [4.78, 5) is 41.1. The van der Waals surface area contributed by atoms with Gasteiger partial charge in [0.25, 0.3) is 11.2 Å². The van der Waals surface area contributed by atoms with Gasteiger partial charge in [-0.3, -0.25) is 24.3 Å². The van der Waals surface area contributed by atoms with E-state index in [1.54, 1.807) is 19.1 Å². The molecule has 9 heteroatoms. The Morgan fingerprint density at radius 3 is 2.66 bits per heavy atom. The van der Waals surface area contributed by atoms with Crippen molar-refractivity contribution in [3.8, 4) is 11.1 Å². The molecule has 2 heterocycles. The maximum Gasteiger partial charge on any atom is 0.274 e. The summed E-state index contributed by atoms with van der Waals surface area (Å²) >= 11 is 1.41. The molecule has 0 saturated carbocycles. The molecule has 32 heavy (non-hydrogen) atoms. The van der Waals surface area contributed by atoms with Crippen LogP contribution < -0.4 is 10.9 Å². The van der Waals surface area contributed by atoms with Crippen molar-refractivity contribution in [2.45, 2.75) is 26.8 Å². The fourth-order valence-corrected chi connectivity index (χ4v) is 4.31. The molecule has 4 aromatic rings. The molecule has 0 unspecified atom stereocenters. The van der Waals surface area contributed by atoms with Gasteiger partial charge in [0.1, 0.15) is 4.83 Å². The number of amides is 1. The number of thiophene rings is 1. The van der Waals surface area contributed by atoms with Gasteiger partial charge in [-0.05, 0) is 25.5 Å². The van der Waals surface area contributed by atoms with E-state index < -0.39 is 4.92 Å². The second-order valence-corrected chi connectivity index (χ2v) is 8.35. The standard InChI is InChI=1S/C23H20N4O4S/c1-14-3-6-16(7-4-14)18-12-32-22-21(18)23(29)26(13-24-22)10-9-20(28)25-17-8-5-15(2)19(11-17)27(30)31/h3-8,11-13H,9-10H2,1-2H3,(H,25,28). The third kappa shape index (κ3) is 4.28. The van der Waals surface area contributed by atoms with Crippen LogP contribution >= 0.6 is 11.3 Å². The number of nitro benzene ring substituents is 1. The number of aromatic nitrogens is 2. The summed E-state index contributed by atoms with van der Waals surface area (Å²) in [5.41, 5.74) is 3.49. The molecule has 0 aliphatic carbocycles. The molecule has 0 saturated heterocycles. The number of benzene rings is 2. The highest BCUT2D eigenvalue weighted by Gasteiger charge is 2.15. The van der Waals surface area contributed by atoms with Gasteiger partial charge in [0.15, 0.2) is 0 Å². The number of nitrogens with zero attached hydrogens (tertiary/aromatic N) is 3. The van der Waals surface area contributed by atoms with E-state index in [0.29, 0.717) is 21.5 Å². The largest absolute Gasteiger partial charge is 0.326 e. The quantitative estimate of drug-likeness (QED) is 0.340. The maximum absolute atomic E-state index is 13.1. The molecule has 0 fully saturated rings. The molecule has 8 nitrogen and oxygen atoms in total. The van der Waals surface area contributed by atoms with Crippen LogP contribution in [-0.4, -0.2) is 20.4 Å². The minimum Gasteiger partial charge on any atom is -0.326 e. The van der Waals surface area contributed by atoms with E-state index in [1.165, 1.54) is 28.3 Å². The first-order valence-electron chi connectivity index (χ1n) is 9.92. The van der Waals surface area contributed by atoms with E-state index in [2.05, 4.69) is 10.3 Å². The number of hydrogen-bond donors (Lipinski definition) is 1. The van der Waals surface area contributed by atoms with Crippen molar-refractivity contribution in [3.63, 3.8) is 0 Å². The second kappa shape index (κ2) is 8.72. The van der Waals surface area contributed by atoms with E-state index >= 15 is 0 Å². The first-order chi connectivity index (χ1) is 15.3. The van der Waals surface area contributed by atoms with Crippen molar-refractivity contribution in [3.05, 3.63) is 85.8 Å². The Bertz CT molecular complexity index is 1390. The van der Waals surface area contributed by atoms with E-state index in [-0.39, 0.29) is 30.1 Å². The molecule has 0 aliphatic heterocycles. The van der Waals surface area contributed by atoms with Gasteiger partial charge < -0.3 is 5.32 Å². The third-order valence-corrected chi connectivity index (χ3v) is 6.08. The molecule has 0 spiro atoms. The fraction of sp³-hybridized carbons (Fsp3) is 0.174. The lowest BCUT2D eigenvalue weighted by Gasteiger charge is -2.08. The van der Waals surface area contributed by atoms with Gasteiger partial charge >= 0.3 is 0 Å². The van der Waals surface area contributed by atoms with Crippen LogP contribution in [0.3, 0.4) is 0 Å². The molecule has 1 amide bonds. The minimum absolute atomic E-state index is 0.0266. The van der Waals surface area contributed by atoms with Crippen molar-refractivity contribution in [2.24, 2.45) is 0 Å². The summed E-state index contributed by atoms with van der Waals surface area (Å²) in [5, 5.41) is 16.2. The molecule has 4 rings (SSSR count). The lowest BCUT2D eigenvalue weighted by atomic mass is 10.1. The Morgan fingerprint density at radius 2 is 1.94 bits per heavy atom. The van der Waals surface area contributed by atoms with Crippen LogP contribution in [0.4, 0.5) is 11.4 Å². The minimum atomic E-state index is -0.488. The van der Waals surface area contributed by atoms with Crippen LogP contribution in [0.25, 0.3) is 21.3 Å². The van der Waals surface area contributed by atoms with Crippen LogP contribution in [0.1, 0.15) is 17.5 Å². The normalized spacial score (nSPS) is 10.9. The van der Waals surface area contributed by atoms with E-state index in [0.717, 1.165) is 16.7 Å². The zero-order chi connectivity index (χ0) is 22.8. The maximum atomic E-state index is 13.1. The van der Waals surface area contributed by atoms with Crippen LogP contribution in [0, 0.1) is 24.0 Å². The summed E-state index contributed by atoms with van der Waals surface area (Å²) in [6.07, 6.45) is 1.48. The fourth-order valence-electron chi connectivity index (χ4n) is 3.40. The zero-order valence-corrected chi connectivity index (χ0v) is 18.3. The predicted molar refractivity (Wildman–Crippen MR) is 125 cm³/mol. The average molecular weight is 449 g/mol. The van der Waals surface area contributed by atoms with Crippen molar-refractivity contribution in [2.75, 3.05) is 5.32 Å². The Balaban J connectivity index is 1.53. The summed E-state index contributed by atoms with van der Waals surface area (Å²) < 4.78 is 1.42. The molecule has 0 atom stereocenters. The molecule has 2 aromatic carbocycles. The number of carbonyl (C=O) groups excluding carboxylic acids is 1. The van der Waals surface area contributed by atoms with Crippen LogP contribution in [-0.2, 0) is 11.3 Å². The lowest BCUT2D eigenvalue weighted by Crippen LogP contribution is -2.23. The van der Waals surface area contributed by atoms with Gasteiger partial charge in [-0.1, -0.05) is 35.9 Å². The molecule has 0 radical (unpaired) electrons. The van der Waals surface area contributed by atoms with Gasteiger partial charge in [0.2, 0.25) is 5.91 Å². The summed E-state index contributed by atoms with van der Waals surface area (Å²) in [7, 11) is 0. The molecule has 2 aromatic heterocycles. The monoisotopic (exact) mass is 448 g/mol. The van der Waals surface area contributed by atoms with E-state index in [9.17, 15) is 19.7 Å². The van der Waals surface area contributed by atoms with Gasteiger partial charge in [-0.25, -0.2) is 4.98 Å². The number of nitrogens with one attached hydrogen (secondary N) is 1. The van der Waals surface area contributed by atoms with Crippen LogP contribution in [0.5, 0.6) is 0 Å².